The first kappa shape index (κ1) is 19.0. The standard InChI is InChI=1S/C20H14F3N3O2S/c1-28-15-7-5-14(6-8-15)24-18(27)16-10-26-11-17(29-19(26)25-16)12-3-2-4-13(9-12)20(21,22)23/h2-11H,1H3,(H,24,27). The van der Waals surface area contributed by atoms with Crippen molar-refractivity contribution in [3.8, 4) is 16.2 Å². The van der Waals surface area contributed by atoms with Crippen LogP contribution in [0, 0.1) is 0 Å². The van der Waals surface area contributed by atoms with E-state index in [0.29, 0.717) is 26.8 Å². The van der Waals surface area contributed by atoms with Gasteiger partial charge in [-0.1, -0.05) is 23.5 Å². The van der Waals surface area contributed by atoms with Crippen molar-refractivity contribution in [1.29, 1.82) is 0 Å². The van der Waals surface area contributed by atoms with Crippen molar-refractivity contribution in [1.82, 2.24) is 9.38 Å². The summed E-state index contributed by atoms with van der Waals surface area (Å²) in [5.74, 6) is 0.291. The van der Waals surface area contributed by atoms with E-state index in [2.05, 4.69) is 10.3 Å². The number of methoxy groups -OCH3 is 1. The number of nitrogens with zero attached hydrogens (tertiary/aromatic N) is 2. The molecule has 2 aromatic carbocycles. The second-order valence-electron chi connectivity index (χ2n) is 6.17. The zero-order chi connectivity index (χ0) is 20.6. The first-order valence-corrected chi connectivity index (χ1v) is 9.27. The number of imidazole rings is 1. The number of carbonyl (C=O) groups is 1. The van der Waals surface area contributed by atoms with Crippen LogP contribution >= 0.6 is 11.3 Å². The van der Waals surface area contributed by atoms with E-state index >= 15 is 0 Å². The number of halogens is 3. The first-order valence-electron chi connectivity index (χ1n) is 8.45. The zero-order valence-corrected chi connectivity index (χ0v) is 15.8. The van der Waals surface area contributed by atoms with E-state index in [1.165, 1.54) is 17.4 Å². The molecular weight excluding hydrogens is 403 g/mol. The van der Waals surface area contributed by atoms with Crippen molar-refractivity contribution in [2.24, 2.45) is 0 Å². The maximum atomic E-state index is 12.9. The summed E-state index contributed by atoms with van der Waals surface area (Å²) in [6.45, 7) is 0. The quantitative estimate of drug-likeness (QED) is 0.488. The Hall–Kier alpha value is -3.33. The van der Waals surface area contributed by atoms with Gasteiger partial charge in [0.25, 0.3) is 5.91 Å². The molecule has 0 aliphatic heterocycles. The molecule has 0 saturated heterocycles. The minimum atomic E-state index is -4.40. The van der Waals surface area contributed by atoms with E-state index in [-0.39, 0.29) is 11.6 Å². The normalized spacial score (nSPS) is 11.6. The van der Waals surface area contributed by atoms with Crippen LogP contribution in [0.1, 0.15) is 16.1 Å². The smallest absolute Gasteiger partial charge is 0.416 e. The van der Waals surface area contributed by atoms with Gasteiger partial charge in [0.15, 0.2) is 4.96 Å². The Balaban J connectivity index is 1.56. The maximum Gasteiger partial charge on any atom is 0.416 e. The number of nitrogens with one attached hydrogen (secondary N) is 1. The van der Waals surface area contributed by atoms with Gasteiger partial charge in [0.2, 0.25) is 0 Å². The van der Waals surface area contributed by atoms with Gasteiger partial charge in [-0.3, -0.25) is 9.20 Å². The average molecular weight is 417 g/mol. The van der Waals surface area contributed by atoms with Crippen LogP contribution < -0.4 is 10.1 Å². The number of alkyl halides is 3. The summed E-state index contributed by atoms with van der Waals surface area (Å²) in [7, 11) is 1.55. The highest BCUT2D eigenvalue weighted by atomic mass is 32.1. The highest BCUT2D eigenvalue weighted by molar-refractivity contribution is 7.20. The van der Waals surface area contributed by atoms with Crippen molar-refractivity contribution >= 4 is 27.9 Å². The number of anilines is 1. The number of fused-ring (bicyclic) bond motifs is 1. The summed E-state index contributed by atoms with van der Waals surface area (Å²) < 4.78 is 45.5. The minimum absolute atomic E-state index is 0.211. The number of hydrogen-bond acceptors (Lipinski definition) is 4. The number of benzene rings is 2. The second kappa shape index (κ2) is 7.25. The number of carbonyl (C=O) groups excluding carboxylic acids is 1. The molecule has 0 saturated carbocycles. The molecule has 2 heterocycles. The average Bonchev–Trinajstić information content (AvgIpc) is 3.27. The zero-order valence-electron chi connectivity index (χ0n) is 15.0. The fourth-order valence-electron chi connectivity index (χ4n) is 2.76. The Morgan fingerprint density at radius 2 is 1.90 bits per heavy atom. The van der Waals surface area contributed by atoms with E-state index in [1.54, 1.807) is 54.2 Å². The molecule has 2 aromatic heterocycles. The molecule has 1 amide bonds. The van der Waals surface area contributed by atoms with Crippen LogP contribution in [0.15, 0.2) is 60.9 Å². The van der Waals surface area contributed by atoms with Gasteiger partial charge in [0.1, 0.15) is 11.4 Å². The fourth-order valence-corrected chi connectivity index (χ4v) is 3.72. The lowest BCUT2D eigenvalue weighted by Gasteiger charge is -2.07. The number of rotatable bonds is 4. The Kier molecular flexibility index (Phi) is 4.75. The van der Waals surface area contributed by atoms with Gasteiger partial charge in [-0.05, 0) is 42.0 Å². The third-order valence-corrected chi connectivity index (χ3v) is 5.26. The largest absolute Gasteiger partial charge is 0.497 e. The Bertz CT molecular complexity index is 1150. The summed E-state index contributed by atoms with van der Waals surface area (Å²) in [5.41, 5.74) is 0.541. The van der Waals surface area contributed by atoms with Crippen molar-refractivity contribution < 1.29 is 22.7 Å². The van der Waals surface area contributed by atoms with Gasteiger partial charge in [-0.15, -0.1) is 0 Å². The summed E-state index contributed by atoms with van der Waals surface area (Å²) in [5, 5.41) is 2.74. The van der Waals surface area contributed by atoms with Gasteiger partial charge >= 0.3 is 6.18 Å². The van der Waals surface area contributed by atoms with E-state index < -0.39 is 11.7 Å². The van der Waals surface area contributed by atoms with Gasteiger partial charge in [0.05, 0.1) is 17.6 Å². The SMILES string of the molecule is COc1ccc(NC(=O)c2cn3cc(-c4cccc(C(F)(F)F)c4)sc3n2)cc1. The van der Waals surface area contributed by atoms with E-state index in [9.17, 15) is 18.0 Å². The molecule has 0 spiro atoms. The highest BCUT2D eigenvalue weighted by Gasteiger charge is 2.30. The van der Waals surface area contributed by atoms with Crippen molar-refractivity contribution in [3.05, 3.63) is 72.2 Å². The third-order valence-electron chi connectivity index (χ3n) is 4.21. The fraction of sp³-hybridized carbons (Fsp3) is 0.100. The predicted octanol–water partition coefficient (Wildman–Crippen LogP) is 5.34. The molecule has 0 radical (unpaired) electrons. The van der Waals surface area contributed by atoms with Crippen LogP contribution in [0.3, 0.4) is 0 Å². The molecule has 0 atom stereocenters. The molecular formula is C20H14F3N3O2S. The molecule has 0 aliphatic rings. The van der Waals surface area contributed by atoms with Gasteiger partial charge in [0, 0.05) is 18.1 Å². The summed E-state index contributed by atoms with van der Waals surface area (Å²) in [6.07, 6.45) is -1.20. The topological polar surface area (TPSA) is 55.6 Å². The summed E-state index contributed by atoms with van der Waals surface area (Å²) >= 11 is 1.21. The van der Waals surface area contributed by atoms with E-state index in [0.717, 1.165) is 12.1 Å². The molecule has 29 heavy (non-hydrogen) atoms. The molecule has 1 N–H and O–H groups in total. The molecule has 5 nitrogen and oxygen atoms in total. The van der Waals surface area contributed by atoms with Crippen LogP contribution in [0.5, 0.6) is 5.75 Å². The molecule has 9 heteroatoms. The number of aromatic nitrogens is 2. The number of hydrogen-bond donors (Lipinski definition) is 1. The monoisotopic (exact) mass is 417 g/mol. The van der Waals surface area contributed by atoms with Gasteiger partial charge < -0.3 is 10.1 Å². The molecule has 0 fully saturated rings. The Morgan fingerprint density at radius 1 is 1.14 bits per heavy atom. The van der Waals surface area contributed by atoms with Crippen LogP contribution in [-0.2, 0) is 6.18 Å². The lowest BCUT2D eigenvalue weighted by molar-refractivity contribution is -0.137. The highest BCUT2D eigenvalue weighted by Crippen LogP contribution is 2.34. The first-order chi connectivity index (χ1) is 13.8. The molecule has 148 valence electrons. The molecule has 4 rings (SSSR count). The molecule has 0 unspecified atom stereocenters. The van der Waals surface area contributed by atoms with E-state index in [4.69, 9.17) is 4.74 Å². The Labute approximate surface area is 167 Å². The van der Waals surface area contributed by atoms with Crippen LogP contribution in [-0.4, -0.2) is 22.4 Å². The second-order valence-corrected chi connectivity index (χ2v) is 7.18. The maximum absolute atomic E-state index is 12.9. The van der Waals surface area contributed by atoms with Gasteiger partial charge in [-0.2, -0.15) is 13.2 Å². The summed E-state index contributed by atoms with van der Waals surface area (Å²) in [4.78, 5) is 17.8. The molecule has 0 bridgehead atoms. The van der Waals surface area contributed by atoms with Crippen LogP contribution in [0.25, 0.3) is 15.4 Å². The lowest BCUT2D eigenvalue weighted by Crippen LogP contribution is -2.12. The third kappa shape index (κ3) is 3.95. The predicted molar refractivity (Wildman–Crippen MR) is 104 cm³/mol. The number of thiazole rings is 1. The van der Waals surface area contributed by atoms with Crippen molar-refractivity contribution in [3.63, 3.8) is 0 Å². The number of amides is 1. The van der Waals surface area contributed by atoms with Gasteiger partial charge in [-0.25, -0.2) is 4.98 Å². The van der Waals surface area contributed by atoms with Crippen LogP contribution in [0.2, 0.25) is 0 Å². The van der Waals surface area contributed by atoms with E-state index in [1.807, 2.05) is 0 Å². The van der Waals surface area contributed by atoms with Crippen molar-refractivity contribution in [2.45, 2.75) is 6.18 Å². The molecule has 0 aliphatic carbocycles. The Morgan fingerprint density at radius 3 is 2.55 bits per heavy atom. The number of ether oxygens (including phenoxy) is 1. The molecule has 4 aromatic rings. The van der Waals surface area contributed by atoms with Crippen LogP contribution in [0.4, 0.5) is 18.9 Å². The minimum Gasteiger partial charge on any atom is -0.497 e. The summed E-state index contributed by atoms with van der Waals surface area (Å²) in [6, 6.07) is 12.0. The lowest BCUT2D eigenvalue weighted by atomic mass is 10.1. The van der Waals surface area contributed by atoms with Crippen molar-refractivity contribution in [2.75, 3.05) is 12.4 Å².